The van der Waals surface area contributed by atoms with Crippen LogP contribution >= 0.6 is 11.5 Å². The number of hydrogen-bond acceptors (Lipinski definition) is 6. The minimum Gasteiger partial charge on any atom is -0.382 e. The third-order valence-corrected chi connectivity index (χ3v) is 5.39. The van der Waals surface area contributed by atoms with Crippen LogP contribution in [0.15, 0.2) is 4.90 Å². The van der Waals surface area contributed by atoms with Crippen molar-refractivity contribution >= 4 is 32.2 Å². The molecule has 2 rings (SSSR count). The van der Waals surface area contributed by atoms with E-state index < -0.39 is 9.84 Å². The van der Waals surface area contributed by atoms with E-state index in [1.807, 2.05) is 0 Å². The van der Waals surface area contributed by atoms with Crippen LogP contribution in [0.2, 0.25) is 0 Å². The van der Waals surface area contributed by atoms with Gasteiger partial charge in [-0.15, -0.1) is 0 Å². The summed E-state index contributed by atoms with van der Waals surface area (Å²) >= 11 is 1.13. The third kappa shape index (κ3) is 2.95. The van der Waals surface area contributed by atoms with Crippen molar-refractivity contribution in [3.8, 4) is 0 Å². The van der Waals surface area contributed by atoms with E-state index in [-0.39, 0.29) is 10.7 Å². The molecular formula is C11H19N3O2S2. The Kier molecular flexibility index (Phi) is 3.82. The molecule has 5 nitrogen and oxygen atoms in total. The number of nitrogen functional groups attached to an aromatic ring is 1. The Morgan fingerprint density at radius 2 is 2.17 bits per heavy atom. The molecule has 1 aliphatic carbocycles. The number of nitrogens with zero attached hydrogens (tertiary/aromatic N) is 1. The average molecular weight is 289 g/mol. The van der Waals surface area contributed by atoms with Gasteiger partial charge < -0.3 is 11.1 Å². The molecule has 1 aliphatic rings. The topological polar surface area (TPSA) is 85.1 Å². The minimum absolute atomic E-state index is 0.105. The van der Waals surface area contributed by atoms with E-state index in [1.54, 1.807) is 0 Å². The molecule has 2 unspecified atom stereocenters. The molecule has 102 valence electrons. The highest BCUT2D eigenvalue weighted by atomic mass is 32.2. The van der Waals surface area contributed by atoms with Crippen LogP contribution in [0.3, 0.4) is 0 Å². The lowest BCUT2D eigenvalue weighted by Gasteiger charge is -2.27. The van der Waals surface area contributed by atoms with Crippen molar-refractivity contribution in [2.75, 3.05) is 17.3 Å². The predicted molar refractivity (Wildman–Crippen MR) is 74.7 cm³/mol. The molecule has 7 heteroatoms. The smallest absolute Gasteiger partial charge is 0.182 e. The Morgan fingerprint density at radius 1 is 1.44 bits per heavy atom. The molecule has 18 heavy (non-hydrogen) atoms. The molecule has 1 aromatic rings. The molecule has 0 spiro atoms. The fourth-order valence-corrected chi connectivity index (χ4v) is 4.63. The first-order chi connectivity index (χ1) is 8.38. The lowest BCUT2D eigenvalue weighted by atomic mass is 9.87. The summed E-state index contributed by atoms with van der Waals surface area (Å²) in [4.78, 5) is 0.158. The van der Waals surface area contributed by atoms with Crippen LogP contribution in [-0.4, -0.2) is 25.1 Å². The van der Waals surface area contributed by atoms with Gasteiger partial charge in [-0.2, -0.15) is 4.37 Å². The summed E-state index contributed by atoms with van der Waals surface area (Å²) in [6.45, 7) is 2.23. The van der Waals surface area contributed by atoms with Gasteiger partial charge in [0, 0.05) is 12.3 Å². The number of sulfone groups is 1. The van der Waals surface area contributed by atoms with Gasteiger partial charge in [-0.3, -0.25) is 0 Å². The van der Waals surface area contributed by atoms with E-state index in [4.69, 9.17) is 5.73 Å². The SMILES string of the molecule is CC1CCCC(Nc2snc(N)c2S(C)(=O)=O)C1. The van der Waals surface area contributed by atoms with Gasteiger partial charge >= 0.3 is 0 Å². The summed E-state index contributed by atoms with van der Waals surface area (Å²) in [6, 6.07) is 0.328. The van der Waals surface area contributed by atoms with Crippen molar-refractivity contribution in [1.82, 2.24) is 4.37 Å². The second kappa shape index (κ2) is 5.05. The quantitative estimate of drug-likeness (QED) is 0.890. The Labute approximate surface area is 112 Å². The van der Waals surface area contributed by atoms with E-state index in [9.17, 15) is 8.42 Å². The van der Waals surface area contributed by atoms with Crippen molar-refractivity contribution < 1.29 is 8.42 Å². The number of hydrogen-bond donors (Lipinski definition) is 2. The summed E-state index contributed by atoms with van der Waals surface area (Å²) in [6.07, 6.45) is 5.75. The lowest BCUT2D eigenvalue weighted by Crippen LogP contribution is -2.26. The maximum Gasteiger partial charge on any atom is 0.182 e. The van der Waals surface area contributed by atoms with Crippen molar-refractivity contribution in [2.24, 2.45) is 5.92 Å². The number of nitrogens with one attached hydrogen (secondary N) is 1. The summed E-state index contributed by atoms with van der Waals surface area (Å²) in [5.41, 5.74) is 5.64. The van der Waals surface area contributed by atoms with Gasteiger partial charge in [0.15, 0.2) is 15.7 Å². The standard InChI is InChI=1S/C11H19N3O2S2/c1-7-4-3-5-8(6-7)13-11-9(18(2,15)16)10(12)14-17-11/h7-8,13H,3-6H2,1-2H3,(H2,12,14). The fourth-order valence-electron chi connectivity index (χ4n) is 2.49. The zero-order valence-electron chi connectivity index (χ0n) is 10.6. The Hall–Kier alpha value is -0.820. The molecule has 1 aromatic heterocycles. The molecule has 0 aromatic carbocycles. The second-order valence-corrected chi connectivity index (χ2v) is 7.84. The monoisotopic (exact) mass is 289 g/mol. The molecule has 0 radical (unpaired) electrons. The zero-order chi connectivity index (χ0) is 13.3. The number of anilines is 2. The average Bonchev–Trinajstić information content (AvgIpc) is 2.59. The Morgan fingerprint density at radius 3 is 2.78 bits per heavy atom. The molecule has 1 fully saturated rings. The molecular weight excluding hydrogens is 270 g/mol. The number of rotatable bonds is 3. The summed E-state index contributed by atoms with van der Waals surface area (Å²) in [5, 5.41) is 3.90. The fraction of sp³-hybridized carbons (Fsp3) is 0.727. The molecule has 0 bridgehead atoms. The highest BCUT2D eigenvalue weighted by Crippen LogP contribution is 2.34. The Balaban J connectivity index is 2.20. The number of aromatic nitrogens is 1. The van der Waals surface area contributed by atoms with E-state index in [0.29, 0.717) is 17.0 Å². The van der Waals surface area contributed by atoms with Crippen molar-refractivity contribution in [1.29, 1.82) is 0 Å². The van der Waals surface area contributed by atoms with Crippen LogP contribution in [-0.2, 0) is 9.84 Å². The minimum atomic E-state index is -3.32. The van der Waals surface area contributed by atoms with Crippen molar-refractivity contribution in [3.63, 3.8) is 0 Å². The zero-order valence-corrected chi connectivity index (χ0v) is 12.3. The molecule has 3 N–H and O–H groups in total. The maximum absolute atomic E-state index is 11.7. The highest BCUT2D eigenvalue weighted by Gasteiger charge is 2.25. The van der Waals surface area contributed by atoms with Crippen LogP contribution in [0.1, 0.15) is 32.6 Å². The van der Waals surface area contributed by atoms with Crippen LogP contribution in [0.25, 0.3) is 0 Å². The molecule has 0 aliphatic heterocycles. The van der Waals surface area contributed by atoms with Gasteiger partial charge in [-0.05, 0) is 30.3 Å². The summed E-state index contributed by atoms with van der Waals surface area (Å²) < 4.78 is 27.3. The molecule has 1 heterocycles. The normalized spacial score (nSPS) is 25.0. The molecule has 0 amide bonds. The first-order valence-corrected chi connectivity index (χ1v) is 8.76. The van der Waals surface area contributed by atoms with E-state index in [2.05, 4.69) is 16.6 Å². The summed E-state index contributed by atoms with van der Waals surface area (Å²) in [7, 11) is -3.32. The van der Waals surface area contributed by atoms with Gasteiger partial charge in [-0.1, -0.05) is 19.8 Å². The van der Waals surface area contributed by atoms with Crippen molar-refractivity contribution in [3.05, 3.63) is 0 Å². The second-order valence-electron chi connectivity index (χ2n) is 5.11. The van der Waals surface area contributed by atoms with Crippen LogP contribution in [0.5, 0.6) is 0 Å². The van der Waals surface area contributed by atoms with Gasteiger partial charge in [0.2, 0.25) is 0 Å². The van der Waals surface area contributed by atoms with Gasteiger partial charge in [0.25, 0.3) is 0 Å². The molecule has 2 atom stereocenters. The van der Waals surface area contributed by atoms with E-state index >= 15 is 0 Å². The Bertz CT molecular complexity index is 524. The highest BCUT2D eigenvalue weighted by molar-refractivity contribution is 7.91. The predicted octanol–water partition coefficient (Wildman–Crippen LogP) is 2.12. The van der Waals surface area contributed by atoms with Gasteiger partial charge in [0.05, 0.1) is 0 Å². The van der Waals surface area contributed by atoms with Gasteiger partial charge in [0.1, 0.15) is 9.90 Å². The van der Waals surface area contributed by atoms with Gasteiger partial charge in [-0.25, -0.2) is 8.42 Å². The summed E-state index contributed by atoms with van der Waals surface area (Å²) in [5.74, 6) is 0.789. The molecule has 0 saturated heterocycles. The first kappa shape index (κ1) is 13.6. The van der Waals surface area contributed by atoms with Crippen molar-refractivity contribution in [2.45, 2.75) is 43.5 Å². The van der Waals surface area contributed by atoms with Crippen LogP contribution < -0.4 is 11.1 Å². The van der Waals surface area contributed by atoms with Crippen LogP contribution in [0.4, 0.5) is 10.8 Å². The number of nitrogens with two attached hydrogens (primary N) is 1. The largest absolute Gasteiger partial charge is 0.382 e. The first-order valence-electron chi connectivity index (χ1n) is 6.09. The van der Waals surface area contributed by atoms with E-state index in [0.717, 1.165) is 24.4 Å². The lowest BCUT2D eigenvalue weighted by molar-refractivity contribution is 0.359. The third-order valence-electron chi connectivity index (χ3n) is 3.32. The maximum atomic E-state index is 11.7. The van der Waals surface area contributed by atoms with Crippen LogP contribution in [0, 0.1) is 5.92 Å². The molecule has 1 saturated carbocycles. The van der Waals surface area contributed by atoms with E-state index in [1.165, 1.54) is 19.1 Å².